The Balaban J connectivity index is 1.75. The first-order chi connectivity index (χ1) is 12.0. The molecule has 0 spiro atoms. The van der Waals surface area contributed by atoms with Gasteiger partial charge in [0.05, 0.1) is 6.04 Å². The van der Waals surface area contributed by atoms with E-state index in [-0.39, 0.29) is 24.3 Å². The molecule has 4 nitrogen and oxygen atoms in total. The van der Waals surface area contributed by atoms with E-state index < -0.39 is 6.61 Å². The summed E-state index contributed by atoms with van der Waals surface area (Å²) in [5, 5.41) is 2.87. The van der Waals surface area contributed by atoms with E-state index in [9.17, 15) is 13.6 Å². The summed E-state index contributed by atoms with van der Waals surface area (Å²) >= 11 is 0. The number of carbonyl (C=O) groups is 1. The smallest absolute Gasteiger partial charge is 0.387 e. The van der Waals surface area contributed by atoms with Gasteiger partial charge in [-0.25, -0.2) is 0 Å². The summed E-state index contributed by atoms with van der Waals surface area (Å²) in [6.45, 7) is -0.735. The lowest BCUT2D eigenvalue weighted by Crippen LogP contribution is -2.23. The summed E-state index contributed by atoms with van der Waals surface area (Å²) in [6.07, 6.45) is 1.43. The third kappa shape index (κ3) is 4.15. The van der Waals surface area contributed by atoms with Gasteiger partial charge in [-0.2, -0.15) is 8.78 Å². The number of alkyl halides is 2. The number of rotatable bonds is 5. The van der Waals surface area contributed by atoms with Crippen LogP contribution in [0.1, 0.15) is 29.7 Å². The van der Waals surface area contributed by atoms with Crippen LogP contribution < -0.4 is 10.1 Å². The Morgan fingerprint density at radius 1 is 1.12 bits per heavy atom. The highest BCUT2D eigenvalue weighted by Gasteiger charge is 2.20. The van der Waals surface area contributed by atoms with Crippen LogP contribution in [0.3, 0.4) is 0 Å². The fraction of sp³-hybridized carbons (Fsp3) is 0.211. The second kappa shape index (κ2) is 7.34. The van der Waals surface area contributed by atoms with Gasteiger partial charge in [0.15, 0.2) is 0 Å². The van der Waals surface area contributed by atoms with E-state index in [0.29, 0.717) is 5.76 Å². The van der Waals surface area contributed by atoms with Crippen molar-refractivity contribution in [2.45, 2.75) is 26.2 Å². The fourth-order valence-corrected chi connectivity index (χ4v) is 2.68. The van der Waals surface area contributed by atoms with Crippen LogP contribution in [0.5, 0.6) is 5.75 Å². The molecule has 0 radical (unpaired) electrons. The lowest BCUT2D eigenvalue weighted by atomic mass is 10.0. The first-order valence-electron chi connectivity index (χ1n) is 7.81. The maximum absolute atomic E-state index is 12.2. The summed E-state index contributed by atoms with van der Waals surface area (Å²) < 4.78 is 34.5. The van der Waals surface area contributed by atoms with Gasteiger partial charge in [-0.15, -0.1) is 0 Å². The molecule has 2 aromatic carbocycles. The molecule has 6 heteroatoms. The van der Waals surface area contributed by atoms with E-state index in [0.717, 1.165) is 16.7 Å². The predicted molar refractivity (Wildman–Crippen MR) is 88.8 cm³/mol. The van der Waals surface area contributed by atoms with Gasteiger partial charge in [0, 0.05) is 11.6 Å². The molecule has 1 amide bonds. The van der Waals surface area contributed by atoms with E-state index in [1.165, 1.54) is 18.2 Å². The fourth-order valence-electron chi connectivity index (χ4n) is 2.68. The number of carbonyl (C=O) groups excluding carboxylic acids is 1. The van der Waals surface area contributed by atoms with E-state index >= 15 is 0 Å². The Bertz CT molecular complexity index is 788. The van der Waals surface area contributed by atoms with Crippen LogP contribution in [-0.4, -0.2) is 12.5 Å². The second-order valence-electron chi connectivity index (χ2n) is 5.64. The molecular formula is C19H17F2NO3. The average molecular weight is 345 g/mol. The van der Waals surface area contributed by atoms with Crippen molar-refractivity contribution in [2.75, 3.05) is 0 Å². The van der Waals surface area contributed by atoms with Crippen LogP contribution >= 0.6 is 0 Å². The zero-order valence-electron chi connectivity index (χ0n) is 13.5. The summed E-state index contributed by atoms with van der Waals surface area (Å²) in [4.78, 5) is 12.0. The van der Waals surface area contributed by atoms with Gasteiger partial charge in [-0.05, 0) is 30.2 Å². The normalized spacial score (nSPS) is 16.6. The largest absolute Gasteiger partial charge is 0.488 e. The third-order valence-electron chi connectivity index (χ3n) is 3.86. The zero-order valence-corrected chi connectivity index (χ0v) is 13.5. The highest BCUT2D eigenvalue weighted by molar-refractivity contribution is 5.95. The molecule has 0 aromatic heterocycles. The molecule has 0 aliphatic carbocycles. The van der Waals surface area contributed by atoms with Crippen molar-refractivity contribution in [3.05, 3.63) is 71.3 Å². The van der Waals surface area contributed by atoms with Crippen LogP contribution in [0.15, 0.2) is 54.6 Å². The molecule has 1 atom stereocenters. The number of amides is 1. The van der Waals surface area contributed by atoms with Crippen LogP contribution in [-0.2, 0) is 16.1 Å². The van der Waals surface area contributed by atoms with Gasteiger partial charge in [0.2, 0.25) is 5.91 Å². The topological polar surface area (TPSA) is 47.6 Å². The Labute approximate surface area is 144 Å². The highest BCUT2D eigenvalue weighted by Crippen LogP contribution is 2.29. The number of hydrogen-bond acceptors (Lipinski definition) is 3. The molecule has 1 heterocycles. The lowest BCUT2D eigenvalue weighted by molar-refractivity contribution is -0.117. The maximum Gasteiger partial charge on any atom is 0.387 e. The molecule has 0 fully saturated rings. The zero-order chi connectivity index (χ0) is 17.8. The molecule has 0 saturated heterocycles. The van der Waals surface area contributed by atoms with Crippen molar-refractivity contribution >= 4 is 11.7 Å². The molecule has 25 heavy (non-hydrogen) atoms. The standard InChI is InChI=1S/C19H17F2NO3/c1-12-15-4-2-3-5-16(15)17(10-18(23)22-12)24-11-13-6-8-14(9-7-13)25-19(20)21/h2-10,12,19H,11H2,1H3,(H,22,23)/t12-/m1/s1. The first kappa shape index (κ1) is 17.0. The van der Waals surface area contributed by atoms with Crippen molar-refractivity contribution in [3.63, 3.8) is 0 Å². The Kier molecular flexibility index (Phi) is 4.97. The summed E-state index contributed by atoms with van der Waals surface area (Å²) in [6, 6.07) is 13.7. The molecular weight excluding hydrogens is 328 g/mol. The highest BCUT2D eigenvalue weighted by atomic mass is 19.3. The maximum atomic E-state index is 12.2. The number of fused-ring (bicyclic) bond motifs is 1. The molecule has 3 rings (SSSR count). The van der Waals surface area contributed by atoms with Crippen molar-refractivity contribution in [1.29, 1.82) is 0 Å². The molecule has 1 N–H and O–H groups in total. The monoisotopic (exact) mass is 345 g/mol. The van der Waals surface area contributed by atoms with E-state index in [1.54, 1.807) is 12.1 Å². The van der Waals surface area contributed by atoms with Gasteiger partial charge in [0.25, 0.3) is 0 Å². The van der Waals surface area contributed by atoms with Gasteiger partial charge in [-0.1, -0.05) is 36.4 Å². The molecule has 130 valence electrons. The minimum Gasteiger partial charge on any atom is -0.488 e. The minimum absolute atomic E-state index is 0.0889. The predicted octanol–water partition coefficient (Wildman–Crippen LogP) is 4.04. The van der Waals surface area contributed by atoms with Crippen molar-refractivity contribution in [3.8, 4) is 5.75 Å². The Morgan fingerprint density at radius 2 is 1.84 bits per heavy atom. The lowest BCUT2D eigenvalue weighted by Gasteiger charge is -2.15. The van der Waals surface area contributed by atoms with Crippen LogP contribution in [0.25, 0.3) is 5.76 Å². The number of hydrogen-bond donors (Lipinski definition) is 1. The molecule has 0 bridgehead atoms. The van der Waals surface area contributed by atoms with Crippen LogP contribution in [0, 0.1) is 0 Å². The molecule has 2 aromatic rings. The summed E-state index contributed by atoms with van der Waals surface area (Å²) in [5.74, 6) is 0.343. The number of nitrogens with one attached hydrogen (secondary N) is 1. The van der Waals surface area contributed by atoms with Crippen LogP contribution in [0.4, 0.5) is 8.78 Å². The van der Waals surface area contributed by atoms with Crippen molar-refractivity contribution in [2.24, 2.45) is 0 Å². The van der Waals surface area contributed by atoms with E-state index in [4.69, 9.17) is 4.74 Å². The molecule has 0 saturated carbocycles. The number of benzene rings is 2. The van der Waals surface area contributed by atoms with Gasteiger partial charge in [-0.3, -0.25) is 4.79 Å². The van der Waals surface area contributed by atoms with Gasteiger partial charge < -0.3 is 14.8 Å². The minimum atomic E-state index is -2.85. The SMILES string of the molecule is C[C@H]1NC(=O)C=C(OCc2ccc(OC(F)F)cc2)c2ccccc21. The average Bonchev–Trinajstić information content (AvgIpc) is 2.70. The van der Waals surface area contributed by atoms with Gasteiger partial charge in [0.1, 0.15) is 18.1 Å². The Hall–Kier alpha value is -2.89. The summed E-state index contributed by atoms with van der Waals surface area (Å²) in [7, 11) is 0. The quantitative estimate of drug-likeness (QED) is 0.890. The van der Waals surface area contributed by atoms with E-state index in [1.807, 2.05) is 31.2 Å². The number of halogens is 2. The van der Waals surface area contributed by atoms with Crippen molar-refractivity contribution in [1.82, 2.24) is 5.32 Å². The van der Waals surface area contributed by atoms with Gasteiger partial charge >= 0.3 is 6.61 Å². The van der Waals surface area contributed by atoms with Crippen LogP contribution in [0.2, 0.25) is 0 Å². The Morgan fingerprint density at radius 3 is 2.56 bits per heavy atom. The third-order valence-corrected chi connectivity index (χ3v) is 3.86. The molecule has 1 aliphatic rings. The van der Waals surface area contributed by atoms with E-state index in [2.05, 4.69) is 10.1 Å². The molecule has 0 unspecified atom stereocenters. The number of ether oxygens (including phenoxy) is 2. The molecule has 1 aliphatic heterocycles. The first-order valence-corrected chi connectivity index (χ1v) is 7.81. The second-order valence-corrected chi connectivity index (χ2v) is 5.64. The summed E-state index contributed by atoms with van der Waals surface area (Å²) in [5.41, 5.74) is 2.60. The van der Waals surface area contributed by atoms with Crippen molar-refractivity contribution < 1.29 is 23.0 Å².